The molecule has 1 aliphatic carbocycles. The van der Waals surface area contributed by atoms with E-state index in [0.717, 1.165) is 29.0 Å². The molecule has 0 radical (unpaired) electrons. The van der Waals surface area contributed by atoms with E-state index >= 15 is 0 Å². The van der Waals surface area contributed by atoms with Gasteiger partial charge < -0.3 is 5.11 Å². The Bertz CT molecular complexity index is 353. The largest absolute Gasteiger partial charge is 0.385 e. The summed E-state index contributed by atoms with van der Waals surface area (Å²) in [4.78, 5) is 0. The Morgan fingerprint density at radius 3 is 2.57 bits per heavy atom. The van der Waals surface area contributed by atoms with Gasteiger partial charge in [-0.15, -0.1) is 0 Å². The van der Waals surface area contributed by atoms with Crippen LogP contribution in [-0.2, 0) is 5.60 Å². The highest BCUT2D eigenvalue weighted by atomic mass is 35.5. The first-order chi connectivity index (χ1) is 6.51. The summed E-state index contributed by atoms with van der Waals surface area (Å²) in [5.74, 6) is 0.418. The van der Waals surface area contributed by atoms with E-state index in [2.05, 4.69) is 0 Å². The van der Waals surface area contributed by atoms with Crippen LogP contribution >= 0.6 is 11.6 Å². The lowest BCUT2D eigenvalue weighted by molar-refractivity contribution is 0.0331. The fourth-order valence-electron chi connectivity index (χ4n) is 1.79. The molecule has 14 heavy (non-hydrogen) atoms. The molecule has 1 atom stereocenters. The van der Waals surface area contributed by atoms with Crippen LogP contribution in [0.4, 0.5) is 0 Å². The van der Waals surface area contributed by atoms with Crippen LogP contribution in [0, 0.1) is 12.8 Å². The van der Waals surface area contributed by atoms with Crippen LogP contribution in [0.2, 0.25) is 5.02 Å². The molecule has 2 rings (SSSR count). The smallest absolute Gasteiger partial charge is 0.0897 e. The molecule has 0 spiro atoms. The van der Waals surface area contributed by atoms with Crippen molar-refractivity contribution in [2.24, 2.45) is 5.92 Å². The molecule has 1 unspecified atom stereocenters. The first-order valence-corrected chi connectivity index (χ1v) is 5.38. The molecule has 0 amide bonds. The lowest BCUT2D eigenvalue weighted by atomic mass is 9.90. The van der Waals surface area contributed by atoms with Crippen molar-refractivity contribution in [1.29, 1.82) is 0 Å². The average molecular weight is 211 g/mol. The quantitative estimate of drug-likeness (QED) is 0.795. The maximum Gasteiger partial charge on any atom is 0.0897 e. The van der Waals surface area contributed by atoms with E-state index in [4.69, 9.17) is 11.6 Å². The van der Waals surface area contributed by atoms with E-state index < -0.39 is 5.60 Å². The van der Waals surface area contributed by atoms with Gasteiger partial charge in [-0.25, -0.2) is 0 Å². The summed E-state index contributed by atoms with van der Waals surface area (Å²) in [6.45, 7) is 3.85. The first-order valence-electron chi connectivity index (χ1n) is 5.01. The van der Waals surface area contributed by atoms with Gasteiger partial charge >= 0.3 is 0 Å². The molecular weight excluding hydrogens is 196 g/mol. The second-order valence-corrected chi connectivity index (χ2v) is 4.79. The average Bonchev–Trinajstić information content (AvgIpc) is 2.92. The van der Waals surface area contributed by atoms with Gasteiger partial charge in [0, 0.05) is 5.02 Å². The standard InChI is InChI=1S/C12H15ClO/c1-8-3-4-10(7-11(8)13)12(2,14)9-5-6-9/h3-4,7,9,14H,5-6H2,1-2H3. The van der Waals surface area contributed by atoms with Crippen molar-refractivity contribution in [2.45, 2.75) is 32.3 Å². The minimum atomic E-state index is -0.697. The van der Waals surface area contributed by atoms with Crippen molar-refractivity contribution < 1.29 is 5.11 Å². The maximum absolute atomic E-state index is 10.3. The predicted octanol–water partition coefficient (Wildman–Crippen LogP) is 3.27. The van der Waals surface area contributed by atoms with Crippen LogP contribution in [0.5, 0.6) is 0 Å². The van der Waals surface area contributed by atoms with Crippen LogP contribution in [0.3, 0.4) is 0 Å². The van der Waals surface area contributed by atoms with Crippen molar-refractivity contribution in [3.8, 4) is 0 Å². The van der Waals surface area contributed by atoms with Crippen LogP contribution in [0.15, 0.2) is 18.2 Å². The van der Waals surface area contributed by atoms with Gasteiger partial charge in [-0.3, -0.25) is 0 Å². The summed E-state index contributed by atoms with van der Waals surface area (Å²) in [5, 5.41) is 11.0. The molecule has 2 heteroatoms. The van der Waals surface area contributed by atoms with E-state index in [-0.39, 0.29) is 0 Å². The van der Waals surface area contributed by atoms with Crippen LogP contribution in [-0.4, -0.2) is 5.11 Å². The fourth-order valence-corrected chi connectivity index (χ4v) is 1.97. The molecule has 1 aromatic carbocycles. The fraction of sp³-hybridized carbons (Fsp3) is 0.500. The van der Waals surface area contributed by atoms with E-state index in [9.17, 15) is 5.11 Å². The van der Waals surface area contributed by atoms with Gasteiger partial charge in [0.1, 0.15) is 0 Å². The summed E-state index contributed by atoms with van der Waals surface area (Å²) in [5.41, 5.74) is 1.30. The zero-order chi connectivity index (χ0) is 10.3. The lowest BCUT2D eigenvalue weighted by Gasteiger charge is -2.24. The minimum absolute atomic E-state index is 0.418. The molecule has 0 heterocycles. The van der Waals surface area contributed by atoms with Crippen LogP contribution < -0.4 is 0 Å². The van der Waals surface area contributed by atoms with Crippen molar-refractivity contribution >= 4 is 11.6 Å². The van der Waals surface area contributed by atoms with Crippen molar-refractivity contribution in [3.05, 3.63) is 34.3 Å². The van der Waals surface area contributed by atoms with E-state index in [1.165, 1.54) is 0 Å². The summed E-state index contributed by atoms with van der Waals surface area (Å²) in [6, 6.07) is 5.82. The third kappa shape index (κ3) is 1.67. The highest BCUT2D eigenvalue weighted by Crippen LogP contribution is 2.45. The number of halogens is 1. The number of benzene rings is 1. The zero-order valence-corrected chi connectivity index (χ0v) is 9.30. The second-order valence-electron chi connectivity index (χ2n) is 4.39. The summed E-state index contributed by atoms with van der Waals surface area (Å²) >= 11 is 6.03. The zero-order valence-electron chi connectivity index (χ0n) is 8.55. The summed E-state index contributed by atoms with van der Waals surface area (Å²) < 4.78 is 0. The van der Waals surface area contributed by atoms with E-state index in [1.807, 2.05) is 32.0 Å². The molecule has 1 fully saturated rings. The molecule has 0 aliphatic heterocycles. The Morgan fingerprint density at radius 1 is 1.43 bits per heavy atom. The van der Waals surface area contributed by atoms with Crippen molar-refractivity contribution in [3.63, 3.8) is 0 Å². The number of rotatable bonds is 2. The molecule has 1 nitrogen and oxygen atoms in total. The molecule has 1 saturated carbocycles. The number of aliphatic hydroxyl groups is 1. The van der Waals surface area contributed by atoms with Gasteiger partial charge in [0.05, 0.1) is 5.60 Å². The van der Waals surface area contributed by atoms with Crippen molar-refractivity contribution in [1.82, 2.24) is 0 Å². The number of hydrogen-bond acceptors (Lipinski definition) is 1. The first kappa shape index (κ1) is 10.0. The molecule has 76 valence electrons. The van der Waals surface area contributed by atoms with Crippen LogP contribution in [0.1, 0.15) is 30.9 Å². The molecule has 1 N–H and O–H groups in total. The highest BCUT2D eigenvalue weighted by Gasteiger charge is 2.41. The molecule has 0 bridgehead atoms. The van der Waals surface area contributed by atoms with Crippen LogP contribution in [0.25, 0.3) is 0 Å². The van der Waals surface area contributed by atoms with Gasteiger partial charge in [-0.1, -0.05) is 23.7 Å². The topological polar surface area (TPSA) is 20.2 Å². The van der Waals surface area contributed by atoms with Gasteiger partial charge in [-0.2, -0.15) is 0 Å². The Kier molecular flexibility index (Phi) is 2.32. The third-order valence-corrected chi connectivity index (χ3v) is 3.54. The molecule has 0 saturated heterocycles. The molecule has 1 aromatic rings. The Morgan fingerprint density at radius 2 is 2.07 bits per heavy atom. The van der Waals surface area contributed by atoms with Gasteiger partial charge in [0.25, 0.3) is 0 Å². The maximum atomic E-state index is 10.3. The predicted molar refractivity (Wildman–Crippen MR) is 58.5 cm³/mol. The summed E-state index contributed by atoms with van der Waals surface area (Å²) in [6.07, 6.45) is 2.25. The van der Waals surface area contributed by atoms with E-state index in [0.29, 0.717) is 5.92 Å². The van der Waals surface area contributed by atoms with Crippen molar-refractivity contribution in [2.75, 3.05) is 0 Å². The Hall–Kier alpha value is -0.530. The SMILES string of the molecule is Cc1ccc(C(C)(O)C2CC2)cc1Cl. The molecule has 1 aliphatic rings. The third-order valence-electron chi connectivity index (χ3n) is 3.13. The normalized spacial score (nSPS) is 20.6. The van der Waals surface area contributed by atoms with Gasteiger partial charge in [0.2, 0.25) is 0 Å². The monoisotopic (exact) mass is 210 g/mol. The summed E-state index contributed by atoms with van der Waals surface area (Å²) in [7, 11) is 0. The van der Waals surface area contributed by atoms with Gasteiger partial charge in [-0.05, 0) is 49.8 Å². The second kappa shape index (κ2) is 3.25. The lowest BCUT2D eigenvalue weighted by Crippen LogP contribution is -2.23. The van der Waals surface area contributed by atoms with E-state index in [1.54, 1.807) is 0 Å². The molecule has 0 aromatic heterocycles. The number of hydrogen-bond donors (Lipinski definition) is 1. The minimum Gasteiger partial charge on any atom is -0.385 e. The molecular formula is C12H15ClO. The van der Waals surface area contributed by atoms with Gasteiger partial charge in [0.15, 0.2) is 0 Å². The highest BCUT2D eigenvalue weighted by molar-refractivity contribution is 6.31. The Labute approximate surface area is 89.7 Å². The number of aryl methyl sites for hydroxylation is 1. The Balaban J connectivity index is 2.36.